The van der Waals surface area contributed by atoms with E-state index >= 15 is 0 Å². The number of rotatable bonds is 11. The van der Waals surface area contributed by atoms with Crippen LogP contribution in [0, 0.1) is 10.1 Å². The highest BCUT2D eigenvalue weighted by molar-refractivity contribution is 7.58. The fourth-order valence-electron chi connectivity index (χ4n) is 2.13. The van der Waals surface area contributed by atoms with E-state index < -0.39 is 66.7 Å². The molecule has 0 heterocycles. The average molecular weight is 422 g/mol. The maximum absolute atomic E-state index is 12.4. The maximum atomic E-state index is 12.4. The van der Waals surface area contributed by atoms with Crippen LogP contribution in [0.2, 0.25) is 0 Å². The Labute approximate surface area is 157 Å². The second-order valence-corrected chi connectivity index (χ2v) is 8.04. The lowest BCUT2D eigenvalue weighted by Gasteiger charge is -2.20. The van der Waals surface area contributed by atoms with Gasteiger partial charge in [-0.3, -0.25) is 19.5 Å². The number of carbonyl (C=O) groups is 2. The molecule has 0 aliphatic heterocycles. The van der Waals surface area contributed by atoms with Crippen LogP contribution in [0.4, 0.5) is 5.69 Å². The minimum Gasteiger partial charge on any atom is -0.493 e. The zero-order valence-electron chi connectivity index (χ0n) is 14.5. The van der Waals surface area contributed by atoms with Gasteiger partial charge in [0.05, 0.1) is 12.0 Å². The lowest BCUT2D eigenvalue weighted by molar-refractivity contribution is -0.386. The summed E-state index contributed by atoms with van der Waals surface area (Å²) in [6.45, 7) is -0.912. The molecule has 0 fully saturated rings. The van der Waals surface area contributed by atoms with Gasteiger partial charge in [-0.1, -0.05) is 0 Å². The van der Waals surface area contributed by atoms with Crippen LogP contribution < -0.4 is 15.2 Å². The summed E-state index contributed by atoms with van der Waals surface area (Å²) in [4.78, 5) is 41.7. The molecule has 28 heavy (non-hydrogen) atoms. The van der Waals surface area contributed by atoms with Gasteiger partial charge in [0.15, 0.2) is 18.2 Å². The van der Waals surface area contributed by atoms with Gasteiger partial charge < -0.3 is 35.4 Å². The number of benzene rings is 1. The van der Waals surface area contributed by atoms with Gasteiger partial charge in [0.2, 0.25) is 13.1 Å². The Morgan fingerprint density at radius 1 is 1.36 bits per heavy atom. The van der Waals surface area contributed by atoms with Gasteiger partial charge in [0.1, 0.15) is 6.04 Å². The Morgan fingerprint density at radius 3 is 2.43 bits per heavy atom. The number of nitro benzene ring substituents is 1. The SMILES string of the molecule is COc1cc(C(O)P(=O)(O)CC[C@H](N)C(=O)O)cc([N+](=O)[O-])c1OCC(=O)O. The van der Waals surface area contributed by atoms with Gasteiger partial charge in [-0.15, -0.1) is 0 Å². The van der Waals surface area contributed by atoms with E-state index in [1.807, 2.05) is 0 Å². The first-order valence-corrected chi connectivity index (χ1v) is 9.51. The van der Waals surface area contributed by atoms with E-state index in [0.717, 1.165) is 19.2 Å². The lowest BCUT2D eigenvalue weighted by atomic mass is 10.1. The highest BCUT2D eigenvalue weighted by atomic mass is 31.2. The van der Waals surface area contributed by atoms with Gasteiger partial charge in [0.25, 0.3) is 0 Å². The van der Waals surface area contributed by atoms with Crippen LogP contribution in [0.3, 0.4) is 0 Å². The molecule has 6 N–H and O–H groups in total. The molecular weight excluding hydrogens is 403 g/mol. The highest BCUT2D eigenvalue weighted by Crippen LogP contribution is 2.56. The number of nitrogens with two attached hydrogens (primary N) is 1. The second kappa shape index (κ2) is 9.46. The van der Waals surface area contributed by atoms with E-state index in [2.05, 4.69) is 0 Å². The van der Waals surface area contributed by atoms with Gasteiger partial charge >= 0.3 is 17.6 Å². The van der Waals surface area contributed by atoms with Crippen molar-refractivity contribution in [1.82, 2.24) is 0 Å². The van der Waals surface area contributed by atoms with Gasteiger partial charge in [-0.2, -0.15) is 0 Å². The van der Waals surface area contributed by atoms with E-state index in [4.69, 9.17) is 25.4 Å². The smallest absolute Gasteiger partial charge is 0.341 e. The molecule has 0 amide bonds. The van der Waals surface area contributed by atoms with Crippen molar-refractivity contribution in [3.63, 3.8) is 0 Å². The fourth-order valence-corrected chi connectivity index (χ4v) is 3.63. The predicted octanol–water partition coefficient (Wildman–Crippen LogP) is 0.130. The molecule has 3 atom stereocenters. The Morgan fingerprint density at radius 2 is 1.96 bits per heavy atom. The van der Waals surface area contributed by atoms with Crippen molar-refractivity contribution in [1.29, 1.82) is 0 Å². The minimum atomic E-state index is -4.43. The summed E-state index contributed by atoms with van der Waals surface area (Å²) < 4.78 is 22.1. The Kier molecular flexibility index (Phi) is 7.88. The summed E-state index contributed by atoms with van der Waals surface area (Å²) in [5.41, 5.74) is 4.09. The number of nitro groups is 1. The van der Waals surface area contributed by atoms with Crippen LogP contribution >= 0.6 is 7.37 Å². The van der Waals surface area contributed by atoms with E-state index in [1.54, 1.807) is 0 Å². The largest absolute Gasteiger partial charge is 0.493 e. The quantitative estimate of drug-likeness (QED) is 0.182. The molecule has 1 rings (SSSR count). The molecule has 14 heteroatoms. The van der Waals surface area contributed by atoms with Crippen LogP contribution in [-0.2, 0) is 14.2 Å². The van der Waals surface area contributed by atoms with E-state index in [9.17, 15) is 34.3 Å². The minimum absolute atomic E-state index is 0.341. The lowest BCUT2D eigenvalue weighted by Crippen LogP contribution is -2.31. The zero-order valence-corrected chi connectivity index (χ0v) is 15.4. The van der Waals surface area contributed by atoms with Crippen molar-refractivity contribution in [3.8, 4) is 11.5 Å². The number of ether oxygens (including phenoxy) is 2. The molecule has 0 saturated heterocycles. The average Bonchev–Trinajstić information content (AvgIpc) is 2.62. The van der Waals surface area contributed by atoms with Gasteiger partial charge in [0, 0.05) is 17.8 Å². The number of hydrogen-bond donors (Lipinski definition) is 5. The van der Waals surface area contributed by atoms with Crippen LogP contribution in [-0.4, -0.2) is 63.0 Å². The summed E-state index contributed by atoms with van der Waals surface area (Å²) in [5, 5.41) is 38.9. The zero-order chi connectivity index (χ0) is 21.6. The van der Waals surface area contributed by atoms with Crippen molar-refractivity contribution in [2.45, 2.75) is 18.3 Å². The molecule has 0 aliphatic rings. The van der Waals surface area contributed by atoms with E-state index in [-0.39, 0.29) is 11.3 Å². The Hall–Kier alpha value is -2.73. The Bertz CT molecular complexity index is 813. The first-order valence-electron chi connectivity index (χ1n) is 7.59. The first kappa shape index (κ1) is 23.3. The van der Waals surface area contributed by atoms with Gasteiger partial charge in [-0.25, -0.2) is 4.79 Å². The van der Waals surface area contributed by atoms with E-state index in [0.29, 0.717) is 0 Å². The topological polar surface area (TPSA) is 220 Å². The molecule has 0 saturated carbocycles. The molecule has 0 aliphatic carbocycles. The number of carboxylic acid groups (broad SMARTS) is 2. The number of carboxylic acids is 2. The predicted molar refractivity (Wildman–Crippen MR) is 92.7 cm³/mol. The number of aliphatic hydroxyl groups excluding tert-OH is 1. The molecular formula is C14H19N2O11P. The third kappa shape index (κ3) is 5.89. The Balaban J connectivity index is 3.27. The number of aliphatic carboxylic acids is 2. The maximum Gasteiger partial charge on any atom is 0.341 e. The number of aliphatic hydroxyl groups is 1. The molecule has 2 unspecified atom stereocenters. The number of methoxy groups -OCH3 is 1. The van der Waals surface area contributed by atoms with Crippen LogP contribution in [0.15, 0.2) is 12.1 Å². The number of nitrogens with zero attached hydrogens (tertiary/aromatic N) is 1. The van der Waals surface area contributed by atoms with E-state index in [1.165, 1.54) is 0 Å². The summed E-state index contributed by atoms with van der Waals surface area (Å²) in [6.07, 6.45) is -1.08. The third-order valence-electron chi connectivity index (χ3n) is 3.57. The molecule has 1 aromatic carbocycles. The standard InChI is InChI=1S/C14H19N2O11P/c1-26-10-5-7(4-9(16(22)23)12(10)27-6-11(17)18)14(21)28(24,25)3-2-8(15)13(19)20/h4-5,8,14,21H,2-3,6,15H2,1H3,(H,17,18)(H,19,20)(H,24,25)/t8-,14?/m0/s1. The second-order valence-electron chi connectivity index (χ2n) is 5.60. The van der Waals surface area contributed by atoms with Crippen molar-refractivity contribution in [3.05, 3.63) is 27.8 Å². The molecule has 0 radical (unpaired) electrons. The molecule has 0 aromatic heterocycles. The molecule has 156 valence electrons. The highest BCUT2D eigenvalue weighted by Gasteiger charge is 2.34. The fraction of sp³-hybridized carbons (Fsp3) is 0.429. The summed E-state index contributed by atoms with van der Waals surface area (Å²) in [6, 6.07) is 0.294. The first-order chi connectivity index (χ1) is 12.9. The van der Waals surface area contributed by atoms with Crippen LogP contribution in [0.1, 0.15) is 17.8 Å². The summed E-state index contributed by atoms with van der Waals surface area (Å²) in [7, 11) is -3.34. The van der Waals surface area contributed by atoms with Crippen molar-refractivity contribution in [2.75, 3.05) is 19.9 Å². The van der Waals surface area contributed by atoms with Gasteiger partial charge in [-0.05, 0) is 12.5 Å². The van der Waals surface area contributed by atoms with Crippen LogP contribution in [0.5, 0.6) is 11.5 Å². The molecule has 0 bridgehead atoms. The summed E-state index contributed by atoms with van der Waals surface area (Å²) in [5.74, 6) is -5.78. The third-order valence-corrected chi connectivity index (χ3v) is 5.53. The van der Waals surface area contributed by atoms with Crippen LogP contribution in [0.25, 0.3) is 0 Å². The normalized spacial score (nSPS) is 15.1. The van der Waals surface area contributed by atoms with Crippen molar-refractivity contribution in [2.24, 2.45) is 5.73 Å². The molecule has 0 spiro atoms. The summed E-state index contributed by atoms with van der Waals surface area (Å²) >= 11 is 0. The van der Waals surface area contributed by atoms with Crippen molar-refractivity contribution < 1.29 is 48.8 Å². The molecule has 13 nitrogen and oxygen atoms in total. The monoisotopic (exact) mass is 422 g/mol. The number of hydrogen-bond acceptors (Lipinski definition) is 9. The molecule has 1 aromatic rings. The van der Waals surface area contributed by atoms with Crippen molar-refractivity contribution >= 4 is 25.0 Å².